The van der Waals surface area contributed by atoms with E-state index in [-0.39, 0.29) is 15.9 Å². The van der Waals surface area contributed by atoms with E-state index in [2.05, 4.69) is 15.0 Å². The molecule has 0 aliphatic carbocycles. The second-order valence-electron chi connectivity index (χ2n) is 5.26. The average Bonchev–Trinajstić information content (AvgIpc) is 3.19. The Morgan fingerprint density at radius 3 is 2.56 bits per heavy atom. The number of rotatable bonds is 7. The lowest BCUT2D eigenvalue weighted by molar-refractivity contribution is -0.113. The van der Waals surface area contributed by atoms with E-state index in [0.29, 0.717) is 16.5 Å². The molecule has 0 radical (unpaired) electrons. The van der Waals surface area contributed by atoms with Crippen LogP contribution in [0.2, 0.25) is 5.02 Å². The number of hydrogen-bond donors (Lipinski definition) is 2. The highest BCUT2D eigenvalue weighted by Gasteiger charge is 2.15. The van der Waals surface area contributed by atoms with Crippen LogP contribution in [0.15, 0.2) is 69.2 Å². The standard InChI is InChI=1S/C17H14ClN3O3S3/c18-12-3-8-15(19-10-12)20-16(22)11-26-14-6-4-13(5-7-14)21-27(23,24)17-2-1-9-25-17/h1-10,21H,11H2,(H,19,20,22). The van der Waals surface area contributed by atoms with Gasteiger partial charge in [-0.15, -0.1) is 23.1 Å². The molecular weight excluding hydrogens is 426 g/mol. The maximum absolute atomic E-state index is 12.2. The smallest absolute Gasteiger partial charge is 0.271 e. The molecule has 1 amide bonds. The lowest BCUT2D eigenvalue weighted by Gasteiger charge is -2.08. The van der Waals surface area contributed by atoms with E-state index in [1.807, 2.05) is 0 Å². The number of sulfonamides is 1. The number of thiophene rings is 1. The normalized spacial score (nSPS) is 11.1. The molecule has 0 spiro atoms. The number of carbonyl (C=O) groups is 1. The summed E-state index contributed by atoms with van der Waals surface area (Å²) in [6.45, 7) is 0. The largest absolute Gasteiger partial charge is 0.310 e. The molecule has 0 fully saturated rings. The zero-order valence-electron chi connectivity index (χ0n) is 13.8. The Bertz CT molecular complexity index is 1010. The zero-order chi connectivity index (χ0) is 19.3. The molecule has 2 N–H and O–H groups in total. The fourth-order valence-corrected chi connectivity index (χ4v) is 4.88. The SMILES string of the molecule is O=C(CSc1ccc(NS(=O)(=O)c2cccs2)cc1)Nc1ccc(Cl)cn1. The third-order valence-corrected chi connectivity index (χ3v) is 7.25. The van der Waals surface area contributed by atoms with Crippen LogP contribution < -0.4 is 10.0 Å². The number of amides is 1. The minimum Gasteiger partial charge on any atom is -0.310 e. The van der Waals surface area contributed by atoms with Gasteiger partial charge in [0.25, 0.3) is 10.0 Å². The van der Waals surface area contributed by atoms with Crippen molar-refractivity contribution in [2.45, 2.75) is 9.10 Å². The molecule has 0 saturated carbocycles. The van der Waals surface area contributed by atoms with E-state index in [1.54, 1.807) is 53.9 Å². The predicted molar refractivity (Wildman–Crippen MR) is 110 cm³/mol. The molecule has 0 unspecified atom stereocenters. The van der Waals surface area contributed by atoms with Gasteiger partial charge in [-0.2, -0.15) is 0 Å². The summed E-state index contributed by atoms with van der Waals surface area (Å²) in [5.74, 6) is 0.436. The molecule has 2 heterocycles. The van der Waals surface area contributed by atoms with Gasteiger partial charge in [0.05, 0.1) is 10.8 Å². The number of benzene rings is 1. The highest BCUT2D eigenvalue weighted by Crippen LogP contribution is 2.24. The topological polar surface area (TPSA) is 88.2 Å². The molecule has 0 saturated heterocycles. The third-order valence-electron chi connectivity index (χ3n) is 3.23. The van der Waals surface area contributed by atoms with Crippen LogP contribution in [0.1, 0.15) is 0 Å². The van der Waals surface area contributed by atoms with Crippen LogP contribution in [-0.4, -0.2) is 25.1 Å². The Balaban J connectivity index is 1.53. The van der Waals surface area contributed by atoms with E-state index in [9.17, 15) is 13.2 Å². The molecule has 10 heteroatoms. The molecule has 0 bridgehead atoms. The highest BCUT2D eigenvalue weighted by atomic mass is 35.5. The van der Waals surface area contributed by atoms with Crippen LogP contribution in [0, 0.1) is 0 Å². The van der Waals surface area contributed by atoms with Gasteiger partial charge in [0.1, 0.15) is 10.0 Å². The summed E-state index contributed by atoms with van der Waals surface area (Å²) in [5, 5.41) is 4.88. The Kier molecular flexibility index (Phi) is 6.38. The van der Waals surface area contributed by atoms with Gasteiger partial charge < -0.3 is 5.32 Å². The number of nitrogens with zero attached hydrogens (tertiary/aromatic N) is 1. The highest BCUT2D eigenvalue weighted by molar-refractivity contribution is 8.00. The summed E-state index contributed by atoms with van der Waals surface area (Å²) in [7, 11) is -3.57. The van der Waals surface area contributed by atoms with E-state index in [0.717, 1.165) is 16.2 Å². The summed E-state index contributed by atoms with van der Waals surface area (Å²) in [6, 6.07) is 13.3. The van der Waals surface area contributed by atoms with Crippen LogP contribution in [0.3, 0.4) is 0 Å². The van der Waals surface area contributed by atoms with Crippen molar-refractivity contribution in [2.24, 2.45) is 0 Å². The molecule has 0 aliphatic rings. The van der Waals surface area contributed by atoms with Crippen molar-refractivity contribution in [3.8, 4) is 0 Å². The first-order chi connectivity index (χ1) is 12.9. The van der Waals surface area contributed by atoms with Crippen molar-refractivity contribution < 1.29 is 13.2 Å². The van der Waals surface area contributed by atoms with Crippen molar-refractivity contribution in [2.75, 3.05) is 15.8 Å². The van der Waals surface area contributed by atoms with E-state index in [1.165, 1.54) is 18.0 Å². The molecule has 0 aliphatic heterocycles. The monoisotopic (exact) mass is 439 g/mol. The Labute approximate surface area is 170 Å². The van der Waals surface area contributed by atoms with Gasteiger partial charge in [-0.05, 0) is 47.8 Å². The zero-order valence-corrected chi connectivity index (χ0v) is 17.0. The predicted octanol–water partition coefficient (Wildman–Crippen LogP) is 4.33. The fraction of sp³-hybridized carbons (Fsp3) is 0.0588. The summed E-state index contributed by atoms with van der Waals surface area (Å²) in [5.41, 5.74) is 0.461. The number of pyridine rings is 1. The molecular formula is C17H14ClN3O3S3. The second-order valence-corrected chi connectivity index (χ2v) is 9.60. The quantitative estimate of drug-likeness (QED) is 0.535. The van der Waals surface area contributed by atoms with Crippen LogP contribution in [0.25, 0.3) is 0 Å². The summed E-state index contributed by atoms with van der Waals surface area (Å²) < 4.78 is 27.2. The lowest BCUT2D eigenvalue weighted by atomic mass is 10.3. The maximum atomic E-state index is 12.2. The van der Waals surface area contributed by atoms with Crippen LogP contribution in [0.4, 0.5) is 11.5 Å². The van der Waals surface area contributed by atoms with Crippen molar-refractivity contribution in [3.63, 3.8) is 0 Å². The maximum Gasteiger partial charge on any atom is 0.271 e. The molecule has 3 aromatic rings. The summed E-state index contributed by atoms with van der Waals surface area (Å²) in [6.07, 6.45) is 1.46. The van der Waals surface area contributed by atoms with Gasteiger partial charge in [0.15, 0.2) is 0 Å². The Morgan fingerprint density at radius 2 is 1.93 bits per heavy atom. The van der Waals surface area contributed by atoms with Crippen LogP contribution in [-0.2, 0) is 14.8 Å². The van der Waals surface area contributed by atoms with Gasteiger partial charge in [-0.1, -0.05) is 17.7 Å². The first kappa shape index (κ1) is 19.7. The molecule has 2 aromatic heterocycles. The van der Waals surface area contributed by atoms with E-state index in [4.69, 9.17) is 11.6 Å². The third kappa shape index (κ3) is 5.70. The first-order valence-electron chi connectivity index (χ1n) is 7.63. The molecule has 1 aromatic carbocycles. The second kappa shape index (κ2) is 8.75. The summed E-state index contributed by atoms with van der Waals surface area (Å²) in [4.78, 5) is 16.8. The lowest BCUT2D eigenvalue weighted by Crippen LogP contribution is -2.14. The van der Waals surface area contributed by atoms with Gasteiger partial charge in [0.2, 0.25) is 5.91 Å². The van der Waals surface area contributed by atoms with Crippen molar-refractivity contribution >= 4 is 62.1 Å². The molecule has 140 valence electrons. The summed E-state index contributed by atoms with van der Waals surface area (Å²) >= 11 is 8.24. The number of halogens is 1. The minimum atomic E-state index is -3.57. The Morgan fingerprint density at radius 1 is 1.15 bits per heavy atom. The number of aromatic nitrogens is 1. The fourth-order valence-electron chi connectivity index (χ4n) is 2.02. The van der Waals surface area contributed by atoms with E-state index < -0.39 is 10.0 Å². The number of anilines is 2. The number of thioether (sulfide) groups is 1. The van der Waals surface area contributed by atoms with Gasteiger partial charge in [-0.25, -0.2) is 13.4 Å². The number of hydrogen-bond acceptors (Lipinski definition) is 6. The molecule has 0 atom stereocenters. The van der Waals surface area contributed by atoms with Gasteiger partial charge >= 0.3 is 0 Å². The molecule has 6 nitrogen and oxygen atoms in total. The van der Waals surface area contributed by atoms with Crippen LogP contribution >= 0.6 is 34.7 Å². The molecule has 3 rings (SSSR count). The van der Waals surface area contributed by atoms with Crippen molar-refractivity contribution in [1.82, 2.24) is 4.98 Å². The average molecular weight is 440 g/mol. The first-order valence-corrected chi connectivity index (χ1v) is 11.4. The van der Waals surface area contributed by atoms with Gasteiger partial charge in [0, 0.05) is 16.8 Å². The minimum absolute atomic E-state index is 0.197. The van der Waals surface area contributed by atoms with Crippen molar-refractivity contribution in [3.05, 3.63) is 65.1 Å². The van der Waals surface area contributed by atoms with Gasteiger partial charge in [-0.3, -0.25) is 9.52 Å². The van der Waals surface area contributed by atoms with E-state index >= 15 is 0 Å². The van der Waals surface area contributed by atoms with Crippen molar-refractivity contribution in [1.29, 1.82) is 0 Å². The number of carbonyl (C=O) groups excluding carboxylic acids is 1. The Hall–Kier alpha value is -2.07. The molecule has 27 heavy (non-hydrogen) atoms. The van der Waals surface area contributed by atoms with Crippen LogP contribution in [0.5, 0.6) is 0 Å². The number of nitrogens with one attached hydrogen (secondary N) is 2.